The summed E-state index contributed by atoms with van der Waals surface area (Å²) in [5.41, 5.74) is 2.13. The molecule has 0 N–H and O–H groups in total. The van der Waals surface area contributed by atoms with Crippen molar-refractivity contribution in [2.75, 3.05) is 23.0 Å². The molecule has 7 nitrogen and oxygen atoms in total. The molecule has 1 unspecified atom stereocenters. The van der Waals surface area contributed by atoms with Crippen LogP contribution in [0.15, 0.2) is 82.0 Å². The van der Waals surface area contributed by atoms with Crippen molar-refractivity contribution in [3.8, 4) is 17.1 Å². The molecule has 1 atom stereocenters. The van der Waals surface area contributed by atoms with E-state index in [1.54, 1.807) is 53.8 Å². The molecule has 5 rings (SSSR count). The fraction of sp³-hybridized carbons (Fsp3) is 0.208. The van der Waals surface area contributed by atoms with Gasteiger partial charge in [-0.15, -0.1) is 0 Å². The third-order valence-corrected chi connectivity index (χ3v) is 7.32. The summed E-state index contributed by atoms with van der Waals surface area (Å²) < 4.78 is 40.9. The Morgan fingerprint density at radius 3 is 2.62 bits per heavy atom. The van der Waals surface area contributed by atoms with Crippen LogP contribution in [0.3, 0.4) is 0 Å². The Labute approximate surface area is 185 Å². The normalized spacial score (nSPS) is 17.4. The van der Waals surface area contributed by atoms with E-state index >= 15 is 0 Å². The van der Waals surface area contributed by atoms with Crippen LogP contribution in [-0.2, 0) is 14.6 Å². The van der Waals surface area contributed by atoms with Gasteiger partial charge in [0.05, 0.1) is 29.4 Å². The first-order valence-corrected chi connectivity index (χ1v) is 12.1. The largest absolute Gasteiger partial charge is 0.484 e. The second-order valence-corrected chi connectivity index (χ2v) is 9.96. The highest BCUT2D eigenvalue weighted by Gasteiger charge is 2.35. The second-order valence-electron chi connectivity index (χ2n) is 7.73. The van der Waals surface area contributed by atoms with E-state index in [9.17, 15) is 13.2 Å². The first-order chi connectivity index (χ1) is 15.5. The summed E-state index contributed by atoms with van der Waals surface area (Å²) in [5.74, 6) is 0.932. The molecular weight excluding hydrogens is 430 g/mol. The first-order valence-electron chi connectivity index (χ1n) is 10.3. The lowest BCUT2D eigenvalue weighted by Gasteiger charge is -2.28. The van der Waals surface area contributed by atoms with Crippen LogP contribution in [0.5, 0.6) is 5.75 Å². The average molecular weight is 452 g/mol. The van der Waals surface area contributed by atoms with Crippen LogP contribution in [-0.4, -0.2) is 38.5 Å². The summed E-state index contributed by atoms with van der Waals surface area (Å²) in [5, 5.41) is 0.812. The van der Waals surface area contributed by atoms with E-state index in [0.717, 1.165) is 10.9 Å². The third kappa shape index (κ3) is 4.01. The van der Waals surface area contributed by atoms with Crippen molar-refractivity contribution >= 4 is 32.4 Å². The van der Waals surface area contributed by atoms with Crippen LogP contribution in [0.2, 0.25) is 0 Å². The van der Waals surface area contributed by atoms with Crippen molar-refractivity contribution in [2.45, 2.75) is 12.5 Å². The average Bonchev–Trinajstić information content (AvgIpc) is 3.53. The minimum absolute atomic E-state index is 0.0406. The monoisotopic (exact) mass is 451 g/mol. The molecule has 1 aliphatic heterocycles. The highest BCUT2D eigenvalue weighted by atomic mass is 32.2. The Hall–Kier alpha value is -3.52. The van der Waals surface area contributed by atoms with Gasteiger partial charge in [-0.05, 0) is 48.9 Å². The SMILES string of the molecule is O=C(COc1ccc2occ(-c3ccco3)c2c1)N(c1ccccc1)C1CCS(=O)(=O)C1. The van der Waals surface area contributed by atoms with Crippen molar-refractivity contribution in [2.24, 2.45) is 0 Å². The Balaban J connectivity index is 1.37. The van der Waals surface area contributed by atoms with Gasteiger partial charge in [-0.2, -0.15) is 0 Å². The van der Waals surface area contributed by atoms with E-state index in [1.165, 1.54) is 0 Å². The molecule has 4 aromatic rings. The fourth-order valence-corrected chi connectivity index (χ4v) is 5.76. The van der Waals surface area contributed by atoms with Crippen molar-refractivity contribution in [1.82, 2.24) is 0 Å². The summed E-state index contributed by atoms with van der Waals surface area (Å²) >= 11 is 0. The number of hydrogen-bond donors (Lipinski definition) is 0. The number of furan rings is 2. The lowest BCUT2D eigenvalue weighted by Crippen LogP contribution is -2.43. The quantitative estimate of drug-likeness (QED) is 0.434. The molecule has 1 saturated heterocycles. The van der Waals surface area contributed by atoms with Gasteiger partial charge < -0.3 is 18.5 Å². The summed E-state index contributed by atoms with van der Waals surface area (Å²) in [6.45, 7) is -0.217. The lowest BCUT2D eigenvalue weighted by atomic mass is 10.1. The van der Waals surface area contributed by atoms with Gasteiger partial charge in [0.25, 0.3) is 5.91 Å². The smallest absolute Gasteiger partial charge is 0.265 e. The second kappa shape index (κ2) is 8.20. The molecule has 0 bridgehead atoms. The zero-order chi connectivity index (χ0) is 22.1. The highest BCUT2D eigenvalue weighted by molar-refractivity contribution is 7.91. The van der Waals surface area contributed by atoms with Crippen LogP contribution in [0.4, 0.5) is 5.69 Å². The van der Waals surface area contributed by atoms with E-state index in [0.29, 0.717) is 29.2 Å². The number of anilines is 1. The third-order valence-electron chi connectivity index (χ3n) is 5.57. The number of para-hydroxylation sites is 1. The maximum absolute atomic E-state index is 13.2. The van der Waals surface area contributed by atoms with Crippen molar-refractivity contribution < 1.29 is 26.8 Å². The van der Waals surface area contributed by atoms with Gasteiger partial charge in [-0.3, -0.25) is 4.79 Å². The number of carbonyl (C=O) groups is 1. The number of rotatable bonds is 6. The molecule has 32 heavy (non-hydrogen) atoms. The van der Waals surface area contributed by atoms with E-state index in [1.807, 2.05) is 24.3 Å². The molecule has 1 fully saturated rings. The van der Waals surface area contributed by atoms with Gasteiger partial charge in [-0.25, -0.2) is 8.42 Å². The molecule has 3 heterocycles. The Bertz CT molecular complexity index is 1340. The Kier molecular flexibility index (Phi) is 5.22. The molecule has 1 amide bonds. The van der Waals surface area contributed by atoms with E-state index in [2.05, 4.69) is 0 Å². The number of fused-ring (bicyclic) bond motifs is 1. The Morgan fingerprint density at radius 1 is 1.06 bits per heavy atom. The predicted molar refractivity (Wildman–Crippen MR) is 120 cm³/mol. The van der Waals surface area contributed by atoms with Gasteiger partial charge in [0, 0.05) is 11.1 Å². The minimum atomic E-state index is -3.15. The number of benzene rings is 2. The van der Waals surface area contributed by atoms with Crippen LogP contribution in [0.25, 0.3) is 22.3 Å². The minimum Gasteiger partial charge on any atom is -0.484 e. The number of amides is 1. The summed E-state index contributed by atoms with van der Waals surface area (Å²) in [4.78, 5) is 14.7. The van der Waals surface area contributed by atoms with Crippen LogP contribution >= 0.6 is 0 Å². The van der Waals surface area contributed by atoms with Crippen LogP contribution in [0, 0.1) is 0 Å². The molecule has 164 valence electrons. The maximum atomic E-state index is 13.2. The molecule has 1 aliphatic rings. The summed E-state index contributed by atoms with van der Waals surface area (Å²) in [6, 6.07) is 17.7. The predicted octanol–water partition coefficient (Wildman–Crippen LogP) is 4.29. The zero-order valence-electron chi connectivity index (χ0n) is 17.1. The number of hydrogen-bond acceptors (Lipinski definition) is 6. The number of ether oxygens (including phenoxy) is 1. The molecule has 2 aromatic carbocycles. The molecule has 0 radical (unpaired) electrons. The molecule has 0 saturated carbocycles. The topological polar surface area (TPSA) is 90.0 Å². The van der Waals surface area contributed by atoms with Crippen molar-refractivity contribution in [3.63, 3.8) is 0 Å². The van der Waals surface area contributed by atoms with Gasteiger partial charge in [0.1, 0.15) is 23.4 Å². The van der Waals surface area contributed by atoms with E-state index in [-0.39, 0.29) is 24.0 Å². The fourth-order valence-electron chi connectivity index (χ4n) is 4.06. The van der Waals surface area contributed by atoms with Gasteiger partial charge in [-0.1, -0.05) is 18.2 Å². The van der Waals surface area contributed by atoms with Gasteiger partial charge >= 0.3 is 0 Å². The van der Waals surface area contributed by atoms with Gasteiger partial charge in [0.2, 0.25) is 0 Å². The van der Waals surface area contributed by atoms with E-state index < -0.39 is 15.9 Å². The van der Waals surface area contributed by atoms with E-state index in [4.69, 9.17) is 13.6 Å². The number of nitrogens with zero attached hydrogens (tertiary/aromatic N) is 1. The number of sulfone groups is 1. The van der Waals surface area contributed by atoms with Crippen LogP contribution < -0.4 is 9.64 Å². The maximum Gasteiger partial charge on any atom is 0.265 e. The lowest BCUT2D eigenvalue weighted by molar-refractivity contribution is -0.121. The molecule has 8 heteroatoms. The standard InChI is InChI=1S/C24H21NO6S/c26-24(25(17-5-2-1-3-6-17)18-10-12-32(27,28)16-18)15-30-19-8-9-23-20(13-19)21(14-31-23)22-7-4-11-29-22/h1-9,11,13-14,18H,10,12,15-16H2. The van der Waals surface area contributed by atoms with Gasteiger partial charge in [0.15, 0.2) is 16.4 Å². The zero-order valence-corrected chi connectivity index (χ0v) is 18.0. The molecule has 0 spiro atoms. The van der Waals surface area contributed by atoms with Crippen molar-refractivity contribution in [3.05, 3.63) is 73.2 Å². The van der Waals surface area contributed by atoms with Crippen molar-refractivity contribution in [1.29, 1.82) is 0 Å². The molecular formula is C24H21NO6S. The Morgan fingerprint density at radius 2 is 1.91 bits per heavy atom. The summed E-state index contributed by atoms with van der Waals surface area (Å²) in [6.07, 6.45) is 3.63. The highest BCUT2D eigenvalue weighted by Crippen LogP contribution is 2.33. The van der Waals surface area contributed by atoms with Crippen LogP contribution in [0.1, 0.15) is 6.42 Å². The molecule has 2 aromatic heterocycles. The molecule has 0 aliphatic carbocycles. The summed E-state index contributed by atoms with van der Waals surface area (Å²) in [7, 11) is -3.15. The first kappa shape index (κ1) is 20.4. The number of carbonyl (C=O) groups excluding carboxylic acids is 1.